The molecule has 1 aromatic carbocycles. The maximum absolute atomic E-state index is 12.1. The van der Waals surface area contributed by atoms with Gasteiger partial charge >= 0.3 is 6.09 Å². The van der Waals surface area contributed by atoms with E-state index in [-0.39, 0.29) is 18.4 Å². The highest BCUT2D eigenvalue weighted by molar-refractivity contribution is 5.68. The van der Waals surface area contributed by atoms with Crippen molar-refractivity contribution in [3.8, 4) is 0 Å². The average Bonchev–Trinajstić information content (AvgIpc) is 2.94. The lowest BCUT2D eigenvalue weighted by Gasteiger charge is -2.23. The normalized spacial score (nSPS) is 17.8. The zero-order valence-corrected chi connectivity index (χ0v) is 12.2. The first-order valence-corrected chi connectivity index (χ1v) is 7.28. The van der Waals surface area contributed by atoms with E-state index in [1.165, 1.54) is 12.1 Å². The second-order valence-electron chi connectivity index (χ2n) is 5.26. The van der Waals surface area contributed by atoms with Crippen molar-refractivity contribution in [2.45, 2.75) is 45.3 Å². The van der Waals surface area contributed by atoms with Crippen LogP contribution in [0.5, 0.6) is 0 Å². The van der Waals surface area contributed by atoms with Crippen LogP contribution in [0.1, 0.15) is 38.2 Å². The molecule has 6 nitrogen and oxygen atoms in total. The maximum Gasteiger partial charge on any atom is 0.410 e. The largest absolute Gasteiger partial charge is 0.445 e. The van der Waals surface area contributed by atoms with Gasteiger partial charge in [-0.15, -0.1) is 0 Å². The Kier molecular flexibility index (Phi) is 5.14. The second-order valence-corrected chi connectivity index (χ2v) is 5.26. The third-order valence-corrected chi connectivity index (χ3v) is 3.74. The van der Waals surface area contributed by atoms with Gasteiger partial charge in [0.15, 0.2) is 0 Å². The highest BCUT2D eigenvalue weighted by Crippen LogP contribution is 2.22. The van der Waals surface area contributed by atoms with E-state index in [2.05, 4.69) is 6.92 Å². The van der Waals surface area contributed by atoms with E-state index in [4.69, 9.17) is 4.74 Å². The Balaban J connectivity index is 1.87. The highest BCUT2D eigenvalue weighted by atomic mass is 16.6. The second kappa shape index (κ2) is 7.06. The van der Waals surface area contributed by atoms with Crippen molar-refractivity contribution in [2.24, 2.45) is 0 Å². The van der Waals surface area contributed by atoms with Crippen molar-refractivity contribution in [3.05, 3.63) is 39.9 Å². The summed E-state index contributed by atoms with van der Waals surface area (Å²) in [6, 6.07) is 6.34. The molecule has 2 rings (SSSR count). The fourth-order valence-electron chi connectivity index (χ4n) is 2.65. The van der Waals surface area contributed by atoms with Crippen LogP contribution in [0, 0.1) is 10.1 Å². The molecule has 114 valence electrons. The maximum atomic E-state index is 12.1. The monoisotopic (exact) mass is 292 g/mol. The van der Waals surface area contributed by atoms with Crippen LogP contribution in [0.3, 0.4) is 0 Å². The molecule has 0 radical (unpaired) electrons. The van der Waals surface area contributed by atoms with Crippen LogP contribution in [0.2, 0.25) is 0 Å². The number of likely N-dealkylation sites (tertiary alicyclic amines) is 1. The predicted molar refractivity (Wildman–Crippen MR) is 77.9 cm³/mol. The summed E-state index contributed by atoms with van der Waals surface area (Å²) in [7, 11) is 0. The topological polar surface area (TPSA) is 72.7 Å². The van der Waals surface area contributed by atoms with Gasteiger partial charge in [-0.2, -0.15) is 0 Å². The van der Waals surface area contributed by atoms with Crippen molar-refractivity contribution in [2.75, 3.05) is 6.54 Å². The van der Waals surface area contributed by atoms with Gasteiger partial charge in [0.2, 0.25) is 0 Å². The smallest absolute Gasteiger partial charge is 0.410 e. The van der Waals surface area contributed by atoms with Crippen LogP contribution in [0.25, 0.3) is 0 Å². The van der Waals surface area contributed by atoms with Gasteiger partial charge in [-0.25, -0.2) is 4.79 Å². The molecule has 1 fully saturated rings. The third-order valence-electron chi connectivity index (χ3n) is 3.74. The molecular formula is C15H20N2O4. The number of benzene rings is 1. The van der Waals surface area contributed by atoms with Crippen molar-refractivity contribution in [1.82, 2.24) is 4.90 Å². The Morgan fingerprint density at radius 1 is 1.43 bits per heavy atom. The third kappa shape index (κ3) is 3.93. The number of carbonyl (C=O) groups is 1. The molecule has 1 aromatic rings. The number of non-ortho nitro benzene ring substituents is 1. The number of hydrogen-bond acceptors (Lipinski definition) is 4. The number of rotatable bonds is 5. The molecule has 0 bridgehead atoms. The van der Waals surface area contributed by atoms with Crippen LogP contribution in [0.15, 0.2) is 24.3 Å². The van der Waals surface area contributed by atoms with E-state index in [0.29, 0.717) is 6.04 Å². The number of nitro groups is 1. The Bertz CT molecular complexity index is 501. The van der Waals surface area contributed by atoms with Crippen molar-refractivity contribution < 1.29 is 14.5 Å². The lowest BCUT2D eigenvalue weighted by atomic mass is 10.1. The summed E-state index contributed by atoms with van der Waals surface area (Å²) in [5.74, 6) is 0. The summed E-state index contributed by atoms with van der Waals surface area (Å²) in [5.41, 5.74) is 0.785. The summed E-state index contributed by atoms with van der Waals surface area (Å²) >= 11 is 0. The number of hydrogen-bond donors (Lipinski definition) is 0. The fourth-order valence-corrected chi connectivity index (χ4v) is 2.65. The Labute approximate surface area is 123 Å². The molecule has 1 aliphatic heterocycles. The quantitative estimate of drug-likeness (QED) is 0.615. The Morgan fingerprint density at radius 3 is 2.76 bits per heavy atom. The summed E-state index contributed by atoms with van der Waals surface area (Å²) in [4.78, 5) is 24.0. The zero-order valence-electron chi connectivity index (χ0n) is 12.2. The summed E-state index contributed by atoms with van der Waals surface area (Å²) in [5, 5.41) is 10.6. The molecular weight excluding hydrogens is 272 g/mol. The van der Waals surface area contributed by atoms with Gasteiger partial charge in [0, 0.05) is 24.7 Å². The van der Waals surface area contributed by atoms with E-state index in [1.807, 2.05) is 0 Å². The van der Waals surface area contributed by atoms with Gasteiger partial charge in [0.1, 0.15) is 6.61 Å². The first-order chi connectivity index (χ1) is 10.1. The average molecular weight is 292 g/mol. The van der Waals surface area contributed by atoms with E-state index in [9.17, 15) is 14.9 Å². The zero-order chi connectivity index (χ0) is 15.2. The van der Waals surface area contributed by atoms with Gasteiger partial charge in [-0.05, 0) is 37.0 Å². The number of carbonyl (C=O) groups excluding carboxylic acids is 1. The summed E-state index contributed by atoms with van der Waals surface area (Å²) in [6.45, 7) is 3.01. The Morgan fingerprint density at radius 2 is 2.14 bits per heavy atom. The molecule has 6 heteroatoms. The SMILES string of the molecule is CCCC1CCCN1C(=O)OCc1ccc([N+](=O)[O-])cc1. The highest BCUT2D eigenvalue weighted by Gasteiger charge is 2.28. The molecule has 0 spiro atoms. The van der Waals surface area contributed by atoms with E-state index < -0.39 is 4.92 Å². The lowest BCUT2D eigenvalue weighted by molar-refractivity contribution is -0.384. The van der Waals surface area contributed by atoms with Crippen LogP contribution < -0.4 is 0 Å². The van der Waals surface area contributed by atoms with Crippen molar-refractivity contribution in [3.63, 3.8) is 0 Å². The molecule has 1 atom stereocenters. The Hall–Kier alpha value is -2.11. The van der Waals surface area contributed by atoms with Gasteiger partial charge in [-0.3, -0.25) is 10.1 Å². The molecule has 0 saturated carbocycles. The molecule has 1 saturated heterocycles. The van der Waals surface area contributed by atoms with E-state index in [1.54, 1.807) is 17.0 Å². The van der Waals surface area contributed by atoms with Crippen LogP contribution in [0.4, 0.5) is 10.5 Å². The lowest BCUT2D eigenvalue weighted by Crippen LogP contribution is -2.35. The van der Waals surface area contributed by atoms with Crippen LogP contribution >= 0.6 is 0 Å². The minimum atomic E-state index is -0.449. The van der Waals surface area contributed by atoms with Gasteiger partial charge in [-0.1, -0.05) is 13.3 Å². The van der Waals surface area contributed by atoms with Gasteiger partial charge < -0.3 is 9.64 Å². The standard InChI is InChI=1S/C15H20N2O4/c1-2-4-13-5-3-10-16(13)15(18)21-11-12-6-8-14(9-7-12)17(19)20/h6-9,13H,2-5,10-11H2,1H3. The minimum Gasteiger partial charge on any atom is -0.445 e. The van der Waals surface area contributed by atoms with E-state index in [0.717, 1.165) is 37.8 Å². The first-order valence-electron chi connectivity index (χ1n) is 7.28. The molecule has 0 N–H and O–H groups in total. The van der Waals surface area contributed by atoms with Crippen LogP contribution in [-0.2, 0) is 11.3 Å². The first kappa shape index (κ1) is 15.3. The molecule has 0 aromatic heterocycles. The van der Waals surface area contributed by atoms with Gasteiger partial charge in [0.25, 0.3) is 5.69 Å². The molecule has 1 unspecified atom stereocenters. The molecule has 21 heavy (non-hydrogen) atoms. The number of amides is 1. The predicted octanol–water partition coefficient (Wildman–Crippen LogP) is 3.50. The number of nitrogens with zero attached hydrogens (tertiary/aromatic N) is 2. The summed E-state index contributed by atoms with van der Waals surface area (Å²) < 4.78 is 5.31. The number of nitro benzene ring substituents is 1. The molecule has 1 heterocycles. The van der Waals surface area contributed by atoms with Crippen molar-refractivity contribution >= 4 is 11.8 Å². The minimum absolute atomic E-state index is 0.0348. The van der Waals surface area contributed by atoms with Crippen LogP contribution in [-0.4, -0.2) is 28.5 Å². The number of ether oxygens (including phenoxy) is 1. The van der Waals surface area contributed by atoms with Crippen molar-refractivity contribution in [1.29, 1.82) is 0 Å². The molecule has 1 aliphatic rings. The summed E-state index contributed by atoms with van der Waals surface area (Å²) in [6.07, 6.45) is 3.84. The van der Waals surface area contributed by atoms with E-state index >= 15 is 0 Å². The fraction of sp³-hybridized carbons (Fsp3) is 0.533. The molecule has 0 aliphatic carbocycles. The van der Waals surface area contributed by atoms with Gasteiger partial charge in [0.05, 0.1) is 4.92 Å². The molecule has 1 amide bonds.